The normalized spacial score (nSPS) is 23.0. The van der Waals surface area contributed by atoms with Crippen molar-refractivity contribution >= 4 is 6.09 Å². The topological polar surface area (TPSA) is 89.3 Å². The fourth-order valence-corrected chi connectivity index (χ4v) is 6.29. The molecule has 7 nitrogen and oxygen atoms in total. The number of carbonyl (C=O) groups excluding carboxylic acids is 1. The van der Waals surface area contributed by atoms with Gasteiger partial charge in [-0.1, -0.05) is 38.1 Å². The van der Waals surface area contributed by atoms with E-state index in [1.807, 2.05) is 30.3 Å². The van der Waals surface area contributed by atoms with E-state index in [1.54, 1.807) is 26.1 Å². The lowest BCUT2D eigenvalue weighted by Crippen LogP contribution is -2.50. The van der Waals surface area contributed by atoms with Gasteiger partial charge in [0, 0.05) is 37.0 Å². The molecule has 3 fully saturated rings. The van der Waals surface area contributed by atoms with Gasteiger partial charge in [-0.25, -0.2) is 9.78 Å². The van der Waals surface area contributed by atoms with Crippen molar-refractivity contribution in [1.82, 2.24) is 20.1 Å². The molecule has 2 heterocycles. The van der Waals surface area contributed by atoms with Gasteiger partial charge in [-0.2, -0.15) is 5.10 Å². The van der Waals surface area contributed by atoms with Crippen LogP contribution < -0.4 is 10.1 Å². The van der Waals surface area contributed by atoms with Gasteiger partial charge in [0.15, 0.2) is 0 Å². The summed E-state index contributed by atoms with van der Waals surface area (Å²) in [6, 6.07) is 13.7. The van der Waals surface area contributed by atoms with E-state index in [9.17, 15) is 9.90 Å². The highest BCUT2D eigenvalue weighted by Crippen LogP contribution is 2.57. The average Bonchev–Trinajstić information content (AvgIpc) is 3.31. The summed E-state index contributed by atoms with van der Waals surface area (Å²) in [4.78, 5) is 16.9. The minimum atomic E-state index is -0.892. The van der Waals surface area contributed by atoms with Crippen LogP contribution in [0.5, 0.6) is 5.88 Å². The molecule has 0 atom stereocenters. The van der Waals surface area contributed by atoms with Gasteiger partial charge in [-0.15, -0.1) is 0 Å². The van der Waals surface area contributed by atoms with Crippen LogP contribution in [-0.2, 0) is 18.1 Å². The molecule has 0 radical (unpaired) electrons. The molecule has 0 aliphatic heterocycles. The molecule has 202 valence electrons. The van der Waals surface area contributed by atoms with Gasteiger partial charge in [0.25, 0.3) is 0 Å². The zero-order valence-corrected chi connectivity index (χ0v) is 23.3. The van der Waals surface area contributed by atoms with Crippen molar-refractivity contribution in [2.75, 3.05) is 6.54 Å². The quantitative estimate of drug-likeness (QED) is 0.389. The van der Waals surface area contributed by atoms with E-state index < -0.39 is 11.7 Å². The molecule has 3 saturated carbocycles. The van der Waals surface area contributed by atoms with Gasteiger partial charge < -0.3 is 15.2 Å². The molecule has 6 rings (SSSR count). The summed E-state index contributed by atoms with van der Waals surface area (Å²) in [6.45, 7) is 8.55. The molecule has 2 N–H and O–H groups in total. The summed E-state index contributed by atoms with van der Waals surface area (Å²) in [7, 11) is 2.08. The van der Waals surface area contributed by atoms with Gasteiger partial charge in [0.1, 0.15) is 0 Å². The molecule has 3 aliphatic rings. The Morgan fingerprint density at radius 3 is 2.29 bits per heavy atom. The smallest absolute Gasteiger partial charge is 0.391 e. The molecule has 7 heteroatoms. The number of fused-ring (bicyclic) bond motifs is 3. The Morgan fingerprint density at radius 2 is 1.71 bits per heavy atom. The lowest BCUT2D eigenvalue weighted by molar-refractivity contribution is 0.0365. The van der Waals surface area contributed by atoms with Crippen molar-refractivity contribution in [2.24, 2.45) is 12.5 Å². The Labute approximate surface area is 225 Å². The first-order valence-corrected chi connectivity index (χ1v) is 13.8. The zero-order chi connectivity index (χ0) is 27.1. The van der Waals surface area contributed by atoms with Crippen LogP contribution in [0.2, 0.25) is 0 Å². The maximum Gasteiger partial charge on any atom is 0.413 e. The van der Waals surface area contributed by atoms with E-state index in [4.69, 9.17) is 9.84 Å². The molecule has 1 amide bonds. The van der Waals surface area contributed by atoms with E-state index in [0.717, 1.165) is 55.2 Å². The standard InChI is InChI=1S/C31H40N4O3/c1-21(2)25-19-26(35(5)34-25)31-14-11-30(12-15-31,13-16-31)20-33-28(36)38-27-18-23(10-17-32-27)22-6-8-24(9-7-22)29(3,4)37/h6-10,17-19,21,37H,11-16,20H2,1-5H3,(H,33,36). The van der Waals surface area contributed by atoms with Gasteiger partial charge in [-0.3, -0.25) is 4.68 Å². The Hall–Kier alpha value is -3.19. The molecule has 2 bridgehead atoms. The Bertz CT molecular complexity index is 1280. The average molecular weight is 517 g/mol. The van der Waals surface area contributed by atoms with E-state index in [-0.39, 0.29) is 16.7 Å². The van der Waals surface area contributed by atoms with Gasteiger partial charge in [0.2, 0.25) is 5.88 Å². The van der Waals surface area contributed by atoms with Crippen LogP contribution in [0.3, 0.4) is 0 Å². The summed E-state index contributed by atoms with van der Waals surface area (Å²) >= 11 is 0. The van der Waals surface area contributed by atoms with Crippen molar-refractivity contribution in [3.63, 3.8) is 0 Å². The minimum Gasteiger partial charge on any atom is -0.391 e. The maximum atomic E-state index is 12.7. The van der Waals surface area contributed by atoms with Crippen LogP contribution in [0.1, 0.15) is 89.1 Å². The van der Waals surface area contributed by atoms with E-state index in [0.29, 0.717) is 12.5 Å². The maximum absolute atomic E-state index is 12.7. The number of pyridine rings is 1. The summed E-state index contributed by atoms with van der Waals surface area (Å²) in [6.07, 6.45) is 7.89. The third-order valence-corrected chi connectivity index (χ3v) is 8.90. The molecular weight excluding hydrogens is 476 g/mol. The fourth-order valence-electron chi connectivity index (χ4n) is 6.29. The fraction of sp³-hybridized carbons (Fsp3) is 0.516. The molecule has 2 aromatic heterocycles. The van der Waals surface area contributed by atoms with E-state index >= 15 is 0 Å². The Kier molecular flexibility index (Phi) is 6.84. The summed E-state index contributed by atoms with van der Waals surface area (Å²) in [5.74, 6) is 0.703. The second-order valence-corrected chi connectivity index (χ2v) is 12.3. The number of benzene rings is 1. The van der Waals surface area contributed by atoms with Gasteiger partial charge in [0.05, 0.1) is 11.3 Å². The lowest BCUT2D eigenvalue weighted by Gasteiger charge is -2.53. The number of aryl methyl sites for hydroxylation is 1. The first kappa shape index (κ1) is 26.4. The Morgan fingerprint density at radius 1 is 1.05 bits per heavy atom. The first-order chi connectivity index (χ1) is 18.0. The van der Waals surface area contributed by atoms with Crippen molar-refractivity contribution in [2.45, 2.75) is 83.2 Å². The number of hydrogen-bond acceptors (Lipinski definition) is 5. The van der Waals surface area contributed by atoms with Crippen LogP contribution in [0.25, 0.3) is 11.1 Å². The van der Waals surface area contributed by atoms with Crippen LogP contribution in [-0.4, -0.2) is 32.5 Å². The highest BCUT2D eigenvalue weighted by molar-refractivity contribution is 5.71. The lowest BCUT2D eigenvalue weighted by atomic mass is 9.52. The Balaban J connectivity index is 1.18. The molecule has 0 unspecified atom stereocenters. The number of aromatic nitrogens is 3. The molecule has 38 heavy (non-hydrogen) atoms. The second kappa shape index (κ2) is 9.84. The number of aliphatic hydroxyl groups is 1. The molecule has 0 spiro atoms. The van der Waals surface area contributed by atoms with Gasteiger partial charge >= 0.3 is 6.09 Å². The third-order valence-electron chi connectivity index (χ3n) is 8.90. The van der Waals surface area contributed by atoms with Crippen LogP contribution in [0.15, 0.2) is 48.7 Å². The van der Waals surface area contributed by atoms with Crippen LogP contribution >= 0.6 is 0 Å². The molecule has 0 saturated heterocycles. The third kappa shape index (κ3) is 5.21. The summed E-state index contributed by atoms with van der Waals surface area (Å²) in [5, 5.41) is 18.0. The van der Waals surface area contributed by atoms with E-state index in [2.05, 4.69) is 41.9 Å². The molecular formula is C31H40N4O3. The van der Waals surface area contributed by atoms with Crippen molar-refractivity contribution in [3.05, 3.63) is 65.6 Å². The number of nitrogens with zero attached hydrogens (tertiary/aromatic N) is 3. The second-order valence-electron chi connectivity index (χ2n) is 12.3. The largest absolute Gasteiger partial charge is 0.413 e. The number of ether oxygens (including phenoxy) is 1. The van der Waals surface area contributed by atoms with Crippen molar-refractivity contribution in [1.29, 1.82) is 0 Å². The molecule has 1 aromatic carbocycles. The SMILES string of the molecule is CC(C)c1cc(C23CCC(CNC(=O)Oc4cc(-c5ccc(C(C)(C)O)cc5)ccn4)(CC2)CC3)n(C)n1. The van der Waals surface area contributed by atoms with Crippen LogP contribution in [0.4, 0.5) is 4.79 Å². The monoisotopic (exact) mass is 516 g/mol. The van der Waals surface area contributed by atoms with Crippen LogP contribution in [0, 0.1) is 5.41 Å². The number of amides is 1. The highest BCUT2D eigenvalue weighted by Gasteiger charge is 2.50. The highest BCUT2D eigenvalue weighted by atomic mass is 16.6. The number of rotatable bonds is 7. The number of nitrogens with one attached hydrogen (secondary N) is 1. The number of carbonyl (C=O) groups is 1. The predicted molar refractivity (Wildman–Crippen MR) is 148 cm³/mol. The van der Waals surface area contributed by atoms with Crippen molar-refractivity contribution < 1.29 is 14.6 Å². The van der Waals surface area contributed by atoms with E-state index in [1.165, 1.54) is 11.4 Å². The molecule has 3 aromatic rings. The summed E-state index contributed by atoms with van der Waals surface area (Å²) in [5.41, 5.74) is 4.71. The zero-order valence-electron chi connectivity index (χ0n) is 23.3. The summed E-state index contributed by atoms with van der Waals surface area (Å²) < 4.78 is 7.67. The predicted octanol–water partition coefficient (Wildman–Crippen LogP) is 6.21. The minimum absolute atomic E-state index is 0.137. The first-order valence-electron chi connectivity index (χ1n) is 13.8. The molecule has 3 aliphatic carbocycles. The van der Waals surface area contributed by atoms with Crippen molar-refractivity contribution in [3.8, 4) is 17.0 Å². The van der Waals surface area contributed by atoms with Gasteiger partial charge in [-0.05, 0) is 92.5 Å². The number of hydrogen-bond donors (Lipinski definition) is 2.